The van der Waals surface area contributed by atoms with Crippen molar-refractivity contribution < 1.29 is 9.53 Å². The van der Waals surface area contributed by atoms with E-state index < -0.39 is 0 Å². The highest BCUT2D eigenvalue weighted by Gasteiger charge is 2.20. The lowest BCUT2D eigenvalue weighted by Gasteiger charge is -2.27. The molecule has 84 valence electrons. The highest BCUT2D eigenvalue weighted by atomic mass is 16.5. The lowest BCUT2D eigenvalue weighted by atomic mass is 9.96. The van der Waals surface area contributed by atoms with Crippen LogP contribution in [0.1, 0.15) is 24.8 Å². The molecule has 0 unspecified atom stereocenters. The molecular weight excluding hydrogens is 204 g/mol. The summed E-state index contributed by atoms with van der Waals surface area (Å²) in [6.07, 6.45) is 4.10. The number of hydrogen-bond acceptors (Lipinski definition) is 2. The van der Waals surface area contributed by atoms with E-state index in [1.807, 2.05) is 18.2 Å². The SMILES string of the molecule is NC(=NC=O)c1ccccc1OC1CCC1. The maximum atomic E-state index is 10.3. The number of aliphatic imine (C=N–C) groups is 1. The molecule has 1 aromatic rings. The van der Waals surface area contributed by atoms with E-state index in [-0.39, 0.29) is 11.9 Å². The van der Waals surface area contributed by atoms with Gasteiger partial charge < -0.3 is 10.5 Å². The predicted octanol–water partition coefficient (Wildman–Crippen LogP) is 1.48. The summed E-state index contributed by atoms with van der Waals surface area (Å²) in [7, 11) is 0. The standard InChI is InChI=1S/C12H14N2O2/c13-12(14-8-15)10-6-1-2-7-11(10)16-9-4-3-5-9/h1-2,6-9H,3-5H2,(H2,13,14,15). The summed E-state index contributed by atoms with van der Waals surface area (Å²) in [4.78, 5) is 13.8. The van der Waals surface area contributed by atoms with Crippen LogP contribution in [0.5, 0.6) is 5.75 Å². The second kappa shape index (κ2) is 4.79. The molecule has 1 amide bonds. The molecule has 2 N–H and O–H groups in total. The van der Waals surface area contributed by atoms with Gasteiger partial charge in [-0.3, -0.25) is 4.79 Å². The number of hydrogen-bond donors (Lipinski definition) is 1. The van der Waals surface area contributed by atoms with E-state index in [4.69, 9.17) is 10.5 Å². The third kappa shape index (κ3) is 2.21. The van der Waals surface area contributed by atoms with E-state index in [9.17, 15) is 4.79 Å². The largest absolute Gasteiger partial charge is 0.490 e. The molecule has 1 aliphatic carbocycles. The number of nitrogens with two attached hydrogens (primary N) is 1. The minimum absolute atomic E-state index is 0.199. The molecule has 1 saturated carbocycles. The van der Waals surface area contributed by atoms with Crippen LogP contribution in [0.2, 0.25) is 0 Å². The molecule has 4 nitrogen and oxygen atoms in total. The summed E-state index contributed by atoms with van der Waals surface area (Å²) in [5.74, 6) is 0.903. The number of amidine groups is 1. The highest BCUT2D eigenvalue weighted by Crippen LogP contribution is 2.27. The Bertz CT molecular complexity index is 411. The van der Waals surface area contributed by atoms with E-state index in [2.05, 4.69) is 4.99 Å². The molecule has 0 radical (unpaired) electrons. The first kappa shape index (κ1) is 10.7. The molecule has 0 aromatic heterocycles. The van der Waals surface area contributed by atoms with E-state index in [0.29, 0.717) is 17.7 Å². The summed E-state index contributed by atoms with van der Waals surface area (Å²) in [5, 5.41) is 0. The number of amides is 1. The first-order valence-corrected chi connectivity index (χ1v) is 5.34. The molecule has 16 heavy (non-hydrogen) atoms. The van der Waals surface area contributed by atoms with E-state index in [0.717, 1.165) is 12.8 Å². The molecule has 0 atom stereocenters. The van der Waals surface area contributed by atoms with Crippen LogP contribution in [0.3, 0.4) is 0 Å². The summed E-state index contributed by atoms with van der Waals surface area (Å²) in [6.45, 7) is 0. The number of nitrogens with zero attached hydrogens (tertiary/aromatic N) is 1. The van der Waals surface area contributed by atoms with Crippen molar-refractivity contribution in [1.29, 1.82) is 0 Å². The Morgan fingerprint density at radius 1 is 1.44 bits per heavy atom. The number of benzene rings is 1. The number of para-hydroxylation sites is 1. The Morgan fingerprint density at radius 2 is 2.19 bits per heavy atom. The molecule has 1 aromatic carbocycles. The molecule has 4 heteroatoms. The van der Waals surface area contributed by atoms with Gasteiger partial charge in [0.1, 0.15) is 11.6 Å². The van der Waals surface area contributed by atoms with Gasteiger partial charge in [0.25, 0.3) is 0 Å². The van der Waals surface area contributed by atoms with Gasteiger partial charge in [-0.2, -0.15) is 4.99 Å². The zero-order valence-corrected chi connectivity index (χ0v) is 8.93. The molecule has 2 rings (SSSR count). The monoisotopic (exact) mass is 218 g/mol. The van der Waals surface area contributed by atoms with Crippen LogP contribution in [0, 0.1) is 0 Å². The zero-order chi connectivity index (χ0) is 11.4. The van der Waals surface area contributed by atoms with Crippen molar-refractivity contribution >= 4 is 12.2 Å². The molecule has 1 fully saturated rings. The van der Waals surface area contributed by atoms with Crippen molar-refractivity contribution in [2.24, 2.45) is 10.7 Å². The van der Waals surface area contributed by atoms with Gasteiger partial charge in [0, 0.05) is 0 Å². The van der Waals surface area contributed by atoms with Gasteiger partial charge in [0.2, 0.25) is 6.41 Å². The Balaban J connectivity index is 2.22. The molecule has 0 spiro atoms. The molecule has 1 aliphatic rings. The van der Waals surface area contributed by atoms with Gasteiger partial charge in [0.15, 0.2) is 0 Å². The van der Waals surface area contributed by atoms with Crippen molar-refractivity contribution in [3.8, 4) is 5.75 Å². The summed E-state index contributed by atoms with van der Waals surface area (Å²) < 4.78 is 5.77. The minimum Gasteiger partial charge on any atom is -0.490 e. The maximum Gasteiger partial charge on any atom is 0.234 e. The third-order valence-electron chi connectivity index (χ3n) is 2.70. The maximum absolute atomic E-state index is 10.3. The first-order valence-electron chi connectivity index (χ1n) is 5.34. The number of carbonyl (C=O) groups excluding carboxylic acids is 1. The lowest BCUT2D eigenvalue weighted by Crippen LogP contribution is -2.26. The highest BCUT2D eigenvalue weighted by molar-refractivity contribution is 6.02. The molecular formula is C12H14N2O2. The second-order valence-electron chi connectivity index (χ2n) is 3.79. The zero-order valence-electron chi connectivity index (χ0n) is 8.93. The number of carbonyl (C=O) groups is 1. The van der Waals surface area contributed by atoms with Crippen molar-refractivity contribution in [3.05, 3.63) is 29.8 Å². The topological polar surface area (TPSA) is 64.7 Å². The van der Waals surface area contributed by atoms with Gasteiger partial charge >= 0.3 is 0 Å². The number of rotatable bonds is 4. The van der Waals surface area contributed by atoms with Gasteiger partial charge in [-0.05, 0) is 31.4 Å². The Morgan fingerprint density at radius 3 is 2.81 bits per heavy atom. The second-order valence-corrected chi connectivity index (χ2v) is 3.79. The van der Waals surface area contributed by atoms with Crippen LogP contribution in [-0.2, 0) is 4.79 Å². The molecule has 0 saturated heterocycles. The predicted molar refractivity (Wildman–Crippen MR) is 61.5 cm³/mol. The van der Waals surface area contributed by atoms with Crippen molar-refractivity contribution in [3.63, 3.8) is 0 Å². The van der Waals surface area contributed by atoms with Gasteiger partial charge in [-0.1, -0.05) is 12.1 Å². The van der Waals surface area contributed by atoms with Crippen LogP contribution in [0.4, 0.5) is 0 Å². The van der Waals surface area contributed by atoms with E-state index in [1.54, 1.807) is 6.07 Å². The van der Waals surface area contributed by atoms with Crippen molar-refractivity contribution in [2.75, 3.05) is 0 Å². The third-order valence-corrected chi connectivity index (χ3v) is 2.70. The first-order chi connectivity index (χ1) is 7.81. The van der Waals surface area contributed by atoms with Crippen molar-refractivity contribution in [2.45, 2.75) is 25.4 Å². The van der Waals surface area contributed by atoms with Gasteiger partial charge in [0.05, 0.1) is 11.7 Å². The van der Waals surface area contributed by atoms with E-state index in [1.165, 1.54) is 6.42 Å². The Hall–Kier alpha value is -1.84. The van der Waals surface area contributed by atoms with Crippen LogP contribution in [0.25, 0.3) is 0 Å². The fourth-order valence-electron chi connectivity index (χ4n) is 1.58. The van der Waals surface area contributed by atoms with Crippen LogP contribution in [0.15, 0.2) is 29.3 Å². The fraction of sp³-hybridized carbons (Fsp3) is 0.333. The van der Waals surface area contributed by atoms with E-state index >= 15 is 0 Å². The summed E-state index contributed by atoms with van der Waals surface area (Å²) in [5.41, 5.74) is 6.36. The number of ether oxygens (including phenoxy) is 1. The summed E-state index contributed by atoms with van der Waals surface area (Å²) >= 11 is 0. The average Bonchev–Trinajstić information content (AvgIpc) is 2.24. The molecule has 0 heterocycles. The molecule has 0 aliphatic heterocycles. The normalized spacial score (nSPS) is 16.6. The smallest absolute Gasteiger partial charge is 0.234 e. The minimum atomic E-state index is 0.199. The van der Waals surface area contributed by atoms with Gasteiger partial charge in [-0.25, -0.2) is 0 Å². The lowest BCUT2D eigenvalue weighted by molar-refractivity contribution is -0.106. The Labute approximate surface area is 94.1 Å². The molecule has 0 bridgehead atoms. The van der Waals surface area contributed by atoms with Crippen molar-refractivity contribution in [1.82, 2.24) is 0 Å². The van der Waals surface area contributed by atoms with Crippen LogP contribution < -0.4 is 10.5 Å². The quantitative estimate of drug-likeness (QED) is 0.473. The van der Waals surface area contributed by atoms with Crippen LogP contribution in [-0.4, -0.2) is 18.3 Å². The summed E-state index contributed by atoms with van der Waals surface area (Å²) in [6, 6.07) is 7.37. The average molecular weight is 218 g/mol. The fourth-order valence-corrected chi connectivity index (χ4v) is 1.58. The Kier molecular flexibility index (Phi) is 3.19. The van der Waals surface area contributed by atoms with Gasteiger partial charge in [-0.15, -0.1) is 0 Å². The van der Waals surface area contributed by atoms with Crippen LogP contribution >= 0.6 is 0 Å².